The summed E-state index contributed by atoms with van der Waals surface area (Å²) in [5, 5.41) is 3.49. The van der Waals surface area contributed by atoms with Crippen molar-refractivity contribution in [2.75, 3.05) is 32.7 Å². The zero-order chi connectivity index (χ0) is 15.2. The highest BCUT2D eigenvalue weighted by Crippen LogP contribution is 2.19. The number of benzene rings is 1. The van der Waals surface area contributed by atoms with Crippen LogP contribution in [0.15, 0.2) is 24.3 Å². The first-order valence-corrected chi connectivity index (χ1v) is 8.59. The van der Waals surface area contributed by atoms with Crippen LogP contribution in [0.2, 0.25) is 0 Å². The van der Waals surface area contributed by atoms with Crippen LogP contribution in [-0.2, 0) is 11.3 Å². The summed E-state index contributed by atoms with van der Waals surface area (Å²) in [6.45, 7) is 6.05. The molecule has 2 atom stereocenters. The Bertz CT molecular complexity index is 462. The summed E-state index contributed by atoms with van der Waals surface area (Å²) >= 11 is 0. The molecule has 0 saturated carbocycles. The minimum Gasteiger partial charge on any atom is -0.372 e. The van der Waals surface area contributed by atoms with Crippen LogP contribution in [0.5, 0.6) is 0 Å². The first kappa shape index (κ1) is 15.9. The lowest BCUT2D eigenvalue weighted by Gasteiger charge is -2.36. The third-order valence-electron chi connectivity index (χ3n) is 4.81. The average Bonchev–Trinajstić information content (AvgIpc) is 2.55. The number of hydrogen-bond acceptors (Lipinski definition) is 3. The van der Waals surface area contributed by atoms with E-state index in [9.17, 15) is 4.39 Å². The van der Waals surface area contributed by atoms with E-state index >= 15 is 0 Å². The van der Waals surface area contributed by atoms with Crippen molar-refractivity contribution in [3.63, 3.8) is 0 Å². The fourth-order valence-corrected chi connectivity index (χ4v) is 3.58. The van der Waals surface area contributed by atoms with E-state index in [-0.39, 0.29) is 11.9 Å². The Kier molecular flexibility index (Phi) is 5.82. The molecular weight excluding hydrogens is 279 g/mol. The Labute approximate surface area is 132 Å². The lowest BCUT2D eigenvalue weighted by molar-refractivity contribution is -0.0150. The number of rotatable bonds is 5. The highest BCUT2D eigenvalue weighted by atomic mass is 19.1. The topological polar surface area (TPSA) is 24.5 Å². The van der Waals surface area contributed by atoms with Gasteiger partial charge in [-0.2, -0.15) is 0 Å². The predicted octanol–water partition coefficient (Wildman–Crippen LogP) is 2.81. The van der Waals surface area contributed by atoms with Crippen LogP contribution in [0.25, 0.3) is 0 Å². The van der Waals surface area contributed by atoms with Gasteiger partial charge in [-0.05, 0) is 57.3 Å². The number of halogens is 1. The molecule has 1 N–H and O–H groups in total. The van der Waals surface area contributed by atoms with Gasteiger partial charge in [-0.15, -0.1) is 0 Å². The van der Waals surface area contributed by atoms with Gasteiger partial charge < -0.3 is 15.0 Å². The molecule has 3 rings (SSSR count). The Hall–Kier alpha value is -0.970. The molecule has 3 nitrogen and oxygen atoms in total. The molecule has 1 aromatic rings. The van der Waals surface area contributed by atoms with Gasteiger partial charge in [0.25, 0.3) is 0 Å². The molecule has 0 aliphatic carbocycles. The molecule has 2 aliphatic rings. The second-order valence-electron chi connectivity index (χ2n) is 6.64. The van der Waals surface area contributed by atoms with Crippen molar-refractivity contribution in [3.05, 3.63) is 35.6 Å². The van der Waals surface area contributed by atoms with Crippen molar-refractivity contribution in [3.8, 4) is 0 Å². The predicted molar refractivity (Wildman–Crippen MR) is 86.2 cm³/mol. The Morgan fingerprint density at radius 2 is 2.14 bits per heavy atom. The smallest absolute Gasteiger partial charge is 0.128 e. The number of piperidine rings is 2. The number of nitrogens with one attached hydrogen (secondary N) is 1. The van der Waals surface area contributed by atoms with Crippen molar-refractivity contribution in [2.24, 2.45) is 5.92 Å². The molecule has 4 heteroatoms. The minimum atomic E-state index is -0.163. The lowest BCUT2D eigenvalue weighted by Crippen LogP contribution is -2.44. The van der Waals surface area contributed by atoms with Crippen LogP contribution < -0.4 is 5.32 Å². The van der Waals surface area contributed by atoms with Gasteiger partial charge in [-0.25, -0.2) is 4.39 Å². The van der Waals surface area contributed by atoms with Gasteiger partial charge >= 0.3 is 0 Å². The number of likely N-dealkylation sites (tertiary alicyclic amines) is 1. The molecule has 1 unspecified atom stereocenters. The van der Waals surface area contributed by atoms with E-state index in [0.717, 1.165) is 25.4 Å². The molecule has 22 heavy (non-hydrogen) atoms. The lowest BCUT2D eigenvalue weighted by atomic mass is 9.97. The van der Waals surface area contributed by atoms with Crippen LogP contribution >= 0.6 is 0 Å². The van der Waals surface area contributed by atoms with E-state index in [0.29, 0.717) is 12.2 Å². The Morgan fingerprint density at radius 3 is 2.95 bits per heavy atom. The van der Waals surface area contributed by atoms with Gasteiger partial charge in [0.2, 0.25) is 0 Å². The van der Waals surface area contributed by atoms with Crippen molar-refractivity contribution in [1.82, 2.24) is 10.2 Å². The van der Waals surface area contributed by atoms with Crippen molar-refractivity contribution >= 4 is 0 Å². The molecule has 0 spiro atoms. The fourth-order valence-electron chi connectivity index (χ4n) is 3.58. The second kappa shape index (κ2) is 8.04. The molecule has 2 fully saturated rings. The maximum atomic E-state index is 13.6. The fraction of sp³-hybridized carbons (Fsp3) is 0.667. The summed E-state index contributed by atoms with van der Waals surface area (Å²) in [6, 6.07) is 6.90. The summed E-state index contributed by atoms with van der Waals surface area (Å²) in [5.41, 5.74) is 0.663. The van der Waals surface area contributed by atoms with Crippen molar-refractivity contribution in [1.29, 1.82) is 0 Å². The molecule has 2 heterocycles. The van der Waals surface area contributed by atoms with E-state index in [1.807, 2.05) is 12.1 Å². The summed E-state index contributed by atoms with van der Waals surface area (Å²) < 4.78 is 19.6. The molecule has 0 radical (unpaired) electrons. The number of nitrogens with zero attached hydrogens (tertiary/aromatic N) is 1. The molecule has 0 amide bonds. The van der Waals surface area contributed by atoms with E-state index in [1.165, 1.54) is 45.0 Å². The highest BCUT2D eigenvalue weighted by molar-refractivity contribution is 5.16. The average molecular weight is 306 g/mol. The zero-order valence-corrected chi connectivity index (χ0v) is 13.3. The maximum absolute atomic E-state index is 13.6. The molecule has 2 aliphatic heterocycles. The molecule has 0 aromatic heterocycles. The van der Waals surface area contributed by atoms with E-state index < -0.39 is 0 Å². The zero-order valence-electron chi connectivity index (χ0n) is 13.3. The third-order valence-corrected chi connectivity index (χ3v) is 4.81. The SMILES string of the molecule is Fc1ccccc1CO[C@H]1CCCN(CC2CCCNC2)C1. The van der Waals surface area contributed by atoms with Gasteiger partial charge in [0, 0.05) is 18.7 Å². The molecule has 122 valence electrons. The standard InChI is InChI=1S/C18H27FN2O/c19-18-8-2-1-6-16(18)14-22-17-7-4-10-21(13-17)12-15-5-3-9-20-11-15/h1-2,6,8,15,17,20H,3-5,7,9-14H2/t15?,17-/m0/s1. The molecule has 1 aromatic carbocycles. The second-order valence-corrected chi connectivity index (χ2v) is 6.64. The van der Waals surface area contributed by atoms with Gasteiger partial charge in [0.05, 0.1) is 12.7 Å². The normalized spacial score (nSPS) is 27.0. The van der Waals surface area contributed by atoms with Crippen LogP contribution in [0, 0.1) is 11.7 Å². The monoisotopic (exact) mass is 306 g/mol. The van der Waals surface area contributed by atoms with Crippen molar-refractivity contribution < 1.29 is 9.13 Å². The molecule has 0 bridgehead atoms. The third kappa shape index (κ3) is 4.51. The van der Waals surface area contributed by atoms with Crippen LogP contribution in [0.1, 0.15) is 31.2 Å². The summed E-state index contributed by atoms with van der Waals surface area (Å²) in [7, 11) is 0. The maximum Gasteiger partial charge on any atom is 0.128 e. The van der Waals surface area contributed by atoms with E-state index in [1.54, 1.807) is 6.07 Å². The van der Waals surface area contributed by atoms with Crippen LogP contribution in [0.4, 0.5) is 4.39 Å². The summed E-state index contributed by atoms with van der Waals surface area (Å²) in [5.74, 6) is 0.613. The Morgan fingerprint density at radius 1 is 1.23 bits per heavy atom. The van der Waals surface area contributed by atoms with Crippen LogP contribution in [-0.4, -0.2) is 43.7 Å². The van der Waals surface area contributed by atoms with Gasteiger partial charge in [0.1, 0.15) is 5.82 Å². The summed E-state index contributed by atoms with van der Waals surface area (Å²) in [4.78, 5) is 2.53. The molecule has 2 saturated heterocycles. The van der Waals surface area contributed by atoms with Gasteiger partial charge in [-0.3, -0.25) is 0 Å². The number of ether oxygens (including phenoxy) is 1. The van der Waals surface area contributed by atoms with Crippen molar-refractivity contribution in [2.45, 2.75) is 38.4 Å². The number of hydrogen-bond donors (Lipinski definition) is 1. The molecular formula is C18H27FN2O. The van der Waals surface area contributed by atoms with Crippen LogP contribution in [0.3, 0.4) is 0 Å². The first-order chi connectivity index (χ1) is 10.8. The largest absolute Gasteiger partial charge is 0.372 e. The quantitative estimate of drug-likeness (QED) is 0.905. The first-order valence-electron chi connectivity index (χ1n) is 8.59. The summed E-state index contributed by atoms with van der Waals surface area (Å²) in [6.07, 6.45) is 5.15. The van der Waals surface area contributed by atoms with E-state index in [4.69, 9.17) is 4.74 Å². The minimum absolute atomic E-state index is 0.163. The van der Waals surface area contributed by atoms with Gasteiger partial charge in [-0.1, -0.05) is 18.2 Å². The van der Waals surface area contributed by atoms with E-state index in [2.05, 4.69) is 10.2 Å². The van der Waals surface area contributed by atoms with Gasteiger partial charge in [0.15, 0.2) is 0 Å². The Balaban J connectivity index is 1.45. The highest BCUT2D eigenvalue weighted by Gasteiger charge is 2.23.